The number of carbonyl (C=O) groups excluding carboxylic acids is 1. The highest BCUT2D eigenvalue weighted by Gasteiger charge is 2.07. The highest BCUT2D eigenvalue weighted by molar-refractivity contribution is 7.84. The standard InChI is InChI=1S/C17H18ClNO2S/c1-19-17(20)15-8-6-13(7-9-15)12-22(21)11-10-14-4-2-3-5-16(14)18/h2-9H,10-12H2,1H3,(H,19,20)/t22-/m0/s1. The SMILES string of the molecule is CNC(=O)c1ccc(C[S@@](=O)CCc2ccccc2Cl)cc1. The van der Waals surface area contributed by atoms with E-state index in [4.69, 9.17) is 11.6 Å². The quantitative estimate of drug-likeness (QED) is 0.881. The van der Waals surface area contributed by atoms with Crippen LogP contribution in [0.3, 0.4) is 0 Å². The Kier molecular flexibility index (Phi) is 6.16. The molecule has 22 heavy (non-hydrogen) atoms. The van der Waals surface area contributed by atoms with Gasteiger partial charge in [0.05, 0.1) is 0 Å². The Morgan fingerprint density at radius 1 is 1.14 bits per heavy atom. The first-order valence-electron chi connectivity index (χ1n) is 6.99. The van der Waals surface area contributed by atoms with Crippen LogP contribution in [-0.2, 0) is 23.0 Å². The molecule has 0 aliphatic carbocycles. The fourth-order valence-corrected chi connectivity index (χ4v) is 3.47. The number of hydrogen-bond donors (Lipinski definition) is 1. The number of aryl methyl sites for hydroxylation is 1. The van der Waals surface area contributed by atoms with Gasteiger partial charge in [-0.05, 0) is 35.7 Å². The molecule has 0 unspecified atom stereocenters. The molecule has 0 aromatic heterocycles. The number of halogens is 1. The molecule has 0 bridgehead atoms. The Bertz CT molecular complexity index is 671. The maximum Gasteiger partial charge on any atom is 0.251 e. The van der Waals surface area contributed by atoms with Gasteiger partial charge in [-0.15, -0.1) is 0 Å². The molecule has 1 N–H and O–H groups in total. The van der Waals surface area contributed by atoms with Gasteiger partial charge >= 0.3 is 0 Å². The summed E-state index contributed by atoms with van der Waals surface area (Å²) >= 11 is 6.09. The van der Waals surface area contributed by atoms with Crippen LogP contribution in [0.4, 0.5) is 0 Å². The van der Waals surface area contributed by atoms with E-state index in [2.05, 4.69) is 5.32 Å². The first-order valence-corrected chi connectivity index (χ1v) is 8.86. The molecule has 0 saturated carbocycles. The van der Waals surface area contributed by atoms with Gasteiger partial charge < -0.3 is 5.32 Å². The number of rotatable bonds is 6. The average molecular weight is 336 g/mol. The summed E-state index contributed by atoms with van der Waals surface area (Å²) in [5.41, 5.74) is 2.59. The van der Waals surface area contributed by atoms with Gasteiger partial charge in [-0.3, -0.25) is 9.00 Å². The summed E-state index contributed by atoms with van der Waals surface area (Å²) in [6.07, 6.45) is 0.697. The lowest BCUT2D eigenvalue weighted by molar-refractivity contribution is 0.0963. The molecule has 0 heterocycles. The highest BCUT2D eigenvalue weighted by atomic mass is 35.5. The number of hydrogen-bond acceptors (Lipinski definition) is 2. The summed E-state index contributed by atoms with van der Waals surface area (Å²) in [5.74, 6) is 0.936. The van der Waals surface area contributed by atoms with Gasteiger partial charge in [0.15, 0.2) is 0 Å². The molecule has 0 saturated heterocycles. The molecular formula is C17H18ClNO2S. The molecule has 0 radical (unpaired) electrons. The van der Waals surface area contributed by atoms with Crippen molar-refractivity contribution in [3.8, 4) is 0 Å². The largest absolute Gasteiger partial charge is 0.355 e. The third-order valence-electron chi connectivity index (χ3n) is 3.33. The van der Waals surface area contributed by atoms with E-state index in [0.717, 1.165) is 16.1 Å². The van der Waals surface area contributed by atoms with Gasteiger partial charge in [0.25, 0.3) is 5.91 Å². The van der Waals surface area contributed by atoms with Crippen molar-refractivity contribution in [2.75, 3.05) is 12.8 Å². The van der Waals surface area contributed by atoms with Crippen LogP contribution in [0.25, 0.3) is 0 Å². The molecule has 2 rings (SSSR count). The highest BCUT2D eigenvalue weighted by Crippen LogP contribution is 2.16. The Morgan fingerprint density at radius 2 is 1.82 bits per heavy atom. The van der Waals surface area contributed by atoms with Crippen molar-refractivity contribution >= 4 is 28.3 Å². The lowest BCUT2D eigenvalue weighted by Crippen LogP contribution is -2.17. The summed E-state index contributed by atoms with van der Waals surface area (Å²) in [6.45, 7) is 0. The Balaban J connectivity index is 1.89. The van der Waals surface area contributed by atoms with Crippen molar-refractivity contribution in [1.29, 1.82) is 0 Å². The first kappa shape index (κ1) is 16.7. The van der Waals surface area contributed by atoms with Crippen LogP contribution < -0.4 is 5.32 Å². The van der Waals surface area contributed by atoms with Crippen molar-refractivity contribution in [1.82, 2.24) is 5.32 Å². The number of amides is 1. The predicted octanol–water partition coefficient (Wildman–Crippen LogP) is 3.19. The molecule has 3 nitrogen and oxygen atoms in total. The second-order valence-electron chi connectivity index (χ2n) is 4.91. The van der Waals surface area contributed by atoms with Crippen LogP contribution in [0.15, 0.2) is 48.5 Å². The van der Waals surface area contributed by atoms with Crippen LogP contribution in [0, 0.1) is 0 Å². The molecule has 5 heteroatoms. The van der Waals surface area contributed by atoms with E-state index in [1.807, 2.05) is 36.4 Å². The molecule has 0 spiro atoms. The zero-order valence-corrected chi connectivity index (χ0v) is 13.9. The fraction of sp³-hybridized carbons (Fsp3) is 0.235. The molecule has 1 amide bonds. The lowest BCUT2D eigenvalue weighted by Gasteiger charge is -2.06. The van der Waals surface area contributed by atoms with Crippen LogP contribution in [0.2, 0.25) is 5.02 Å². The van der Waals surface area contributed by atoms with Gasteiger partial charge in [-0.25, -0.2) is 0 Å². The predicted molar refractivity (Wildman–Crippen MR) is 91.7 cm³/mol. The van der Waals surface area contributed by atoms with Crippen LogP contribution in [0.1, 0.15) is 21.5 Å². The van der Waals surface area contributed by atoms with E-state index < -0.39 is 10.8 Å². The van der Waals surface area contributed by atoms with Crippen molar-refractivity contribution in [3.05, 3.63) is 70.2 Å². The molecule has 2 aromatic rings. The molecule has 2 aromatic carbocycles. The molecule has 0 aliphatic heterocycles. The maximum atomic E-state index is 12.2. The zero-order chi connectivity index (χ0) is 15.9. The smallest absolute Gasteiger partial charge is 0.251 e. The van der Waals surface area contributed by atoms with E-state index in [1.54, 1.807) is 19.2 Å². The van der Waals surface area contributed by atoms with Crippen LogP contribution in [0.5, 0.6) is 0 Å². The minimum Gasteiger partial charge on any atom is -0.355 e. The van der Waals surface area contributed by atoms with Crippen molar-refractivity contribution in [3.63, 3.8) is 0 Å². The van der Waals surface area contributed by atoms with Gasteiger partial charge in [0.2, 0.25) is 0 Å². The minimum absolute atomic E-state index is 0.119. The monoisotopic (exact) mass is 335 g/mol. The summed E-state index contributed by atoms with van der Waals surface area (Å²) in [6, 6.07) is 14.8. The van der Waals surface area contributed by atoms with Gasteiger partial charge in [0.1, 0.15) is 0 Å². The normalized spacial score (nSPS) is 11.9. The summed E-state index contributed by atoms with van der Waals surface area (Å²) in [5, 5.41) is 3.29. The number of nitrogens with one attached hydrogen (secondary N) is 1. The summed E-state index contributed by atoms with van der Waals surface area (Å²) in [7, 11) is 0.639. The Labute approximate surface area is 138 Å². The Hall–Kier alpha value is -1.65. The fourth-order valence-electron chi connectivity index (χ4n) is 2.08. The van der Waals surface area contributed by atoms with Gasteiger partial charge in [-0.2, -0.15) is 0 Å². The third-order valence-corrected chi connectivity index (χ3v) is 5.01. The third kappa shape index (κ3) is 4.68. The van der Waals surface area contributed by atoms with Crippen LogP contribution >= 0.6 is 11.6 Å². The second kappa shape index (κ2) is 8.11. The topological polar surface area (TPSA) is 46.2 Å². The average Bonchev–Trinajstić information content (AvgIpc) is 2.54. The van der Waals surface area contributed by atoms with E-state index in [1.165, 1.54) is 0 Å². The summed E-state index contributed by atoms with van der Waals surface area (Å²) < 4.78 is 12.2. The second-order valence-corrected chi connectivity index (χ2v) is 6.89. The Morgan fingerprint density at radius 3 is 2.45 bits per heavy atom. The van der Waals surface area contributed by atoms with E-state index in [-0.39, 0.29) is 5.91 Å². The van der Waals surface area contributed by atoms with Crippen molar-refractivity contribution in [2.45, 2.75) is 12.2 Å². The van der Waals surface area contributed by atoms with E-state index in [0.29, 0.717) is 23.5 Å². The lowest BCUT2D eigenvalue weighted by atomic mass is 10.1. The molecule has 0 fully saturated rings. The van der Waals surface area contributed by atoms with E-state index >= 15 is 0 Å². The molecule has 0 aliphatic rings. The first-order chi connectivity index (χ1) is 10.6. The molecular weight excluding hydrogens is 318 g/mol. The summed E-state index contributed by atoms with van der Waals surface area (Å²) in [4.78, 5) is 11.5. The van der Waals surface area contributed by atoms with Crippen molar-refractivity contribution in [2.24, 2.45) is 0 Å². The number of benzene rings is 2. The van der Waals surface area contributed by atoms with E-state index in [9.17, 15) is 9.00 Å². The molecule has 116 valence electrons. The number of carbonyl (C=O) groups is 1. The zero-order valence-electron chi connectivity index (χ0n) is 12.3. The van der Waals surface area contributed by atoms with Gasteiger partial charge in [-0.1, -0.05) is 41.9 Å². The minimum atomic E-state index is -0.958. The van der Waals surface area contributed by atoms with Crippen molar-refractivity contribution < 1.29 is 9.00 Å². The van der Waals surface area contributed by atoms with Crippen LogP contribution in [-0.4, -0.2) is 22.9 Å². The molecule has 1 atom stereocenters. The van der Waals surface area contributed by atoms with Gasteiger partial charge in [0, 0.05) is 39.9 Å². The maximum absolute atomic E-state index is 12.2.